The molecule has 1 saturated carbocycles. The molecule has 0 heterocycles. The lowest BCUT2D eigenvalue weighted by Crippen LogP contribution is -2.45. The van der Waals surface area contributed by atoms with Crippen LogP contribution in [0, 0.1) is 0 Å². The third-order valence-electron chi connectivity index (χ3n) is 3.46. The van der Waals surface area contributed by atoms with Crippen molar-refractivity contribution in [2.24, 2.45) is 0 Å². The van der Waals surface area contributed by atoms with Gasteiger partial charge in [0.1, 0.15) is 0 Å². The average molecular weight is 276 g/mol. The maximum Gasteiger partial charge on any atom is 0.336 e. The van der Waals surface area contributed by atoms with E-state index in [1.807, 2.05) is 0 Å². The Kier molecular flexibility index (Phi) is 6.06. The fourth-order valence-electron chi connectivity index (χ4n) is 2.72. The third kappa shape index (κ3) is 3.45. The molecule has 106 valence electrons. The molecule has 0 aromatic heterocycles. The van der Waals surface area contributed by atoms with Gasteiger partial charge in [0.05, 0.1) is 24.5 Å². The Bertz CT molecular complexity index is 308. The molecule has 0 radical (unpaired) electrons. The minimum Gasteiger partial charge on any atom is -0.389 e. The third-order valence-corrected chi connectivity index (χ3v) is 6.19. The van der Waals surface area contributed by atoms with Gasteiger partial charge in [-0.2, -0.15) is 0 Å². The van der Waals surface area contributed by atoms with Gasteiger partial charge < -0.3 is 14.2 Å². The molecule has 0 aromatic rings. The van der Waals surface area contributed by atoms with Crippen LogP contribution in [-0.2, 0) is 13.6 Å². The molecule has 1 aliphatic carbocycles. The Morgan fingerprint density at radius 2 is 2.00 bits per heavy atom. The number of hydrogen-bond acceptors (Lipinski definition) is 4. The predicted octanol–water partition coefficient (Wildman–Crippen LogP) is 3.50. The largest absolute Gasteiger partial charge is 0.389 e. The molecular weight excluding hydrogens is 251 g/mol. The summed E-state index contributed by atoms with van der Waals surface area (Å²) in [4.78, 5) is 0. The summed E-state index contributed by atoms with van der Waals surface area (Å²) in [6, 6.07) is 0. The van der Waals surface area contributed by atoms with Crippen molar-refractivity contribution in [2.45, 2.75) is 57.2 Å². The highest BCUT2D eigenvalue weighted by atomic mass is 31.2. The van der Waals surface area contributed by atoms with Crippen LogP contribution in [0.25, 0.3) is 0 Å². The molecule has 0 saturated heterocycles. The Morgan fingerprint density at radius 1 is 1.39 bits per heavy atom. The van der Waals surface area contributed by atoms with Crippen LogP contribution < -0.4 is 0 Å². The van der Waals surface area contributed by atoms with Crippen molar-refractivity contribution in [3.05, 3.63) is 12.7 Å². The molecule has 4 nitrogen and oxygen atoms in total. The molecule has 0 aliphatic heterocycles. The number of aliphatic hydroxyl groups is 1. The van der Waals surface area contributed by atoms with E-state index in [0.29, 0.717) is 32.5 Å². The van der Waals surface area contributed by atoms with Crippen LogP contribution in [0.3, 0.4) is 0 Å². The zero-order valence-corrected chi connectivity index (χ0v) is 12.3. The summed E-state index contributed by atoms with van der Waals surface area (Å²) in [6.07, 6.45) is 5.32. The Hall–Kier alpha value is -0.150. The van der Waals surface area contributed by atoms with E-state index >= 15 is 0 Å². The Balaban J connectivity index is 2.98. The van der Waals surface area contributed by atoms with Gasteiger partial charge in [0, 0.05) is 0 Å². The summed E-state index contributed by atoms with van der Waals surface area (Å²) in [5.41, 5.74) is -1.43. The van der Waals surface area contributed by atoms with Gasteiger partial charge in [0.15, 0.2) is 0 Å². The van der Waals surface area contributed by atoms with Gasteiger partial charge in [-0.05, 0) is 33.1 Å². The van der Waals surface area contributed by atoms with Crippen molar-refractivity contribution in [1.82, 2.24) is 0 Å². The molecule has 1 fully saturated rings. The summed E-state index contributed by atoms with van der Waals surface area (Å²) in [5.74, 6) is 0. The van der Waals surface area contributed by atoms with Gasteiger partial charge in [0.2, 0.25) is 0 Å². The van der Waals surface area contributed by atoms with Gasteiger partial charge in [0.25, 0.3) is 0 Å². The molecule has 0 unspecified atom stereocenters. The minimum atomic E-state index is -3.24. The molecule has 0 spiro atoms. The molecule has 1 aliphatic rings. The highest BCUT2D eigenvalue weighted by Crippen LogP contribution is 2.60. The molecule has 1 rings (SSSR count). The first-order valence-electron chi connectivity index (χ1n) is 6.74. The van der Waals surface area contributed by atoms with Crippen LogP contribution in [0.4, 0.5) is 0 Å². The quantitative estimate of drug-likeness (QED) is 0.571. The fraction of sp³-hybridized carbons (Fsp3) is 0.846. The fourth-order valence-corrected chi connectivity index (χ4v) is 5.20. The first-order valence-corrected chi connectivity index (χ1v) is 8.35. The number of rotatable bonds is 7. The van der Waals surface area contributed by atoms with Crippen LogP contribution in [0.2, 0.25) is 0 Å². The van der Waals surface area contributed by atoms with E-state index in [-0.39, 0.29) is 0 Å². The van der Waals surface area contributed by atoms with E-state index in [0.717, 1.165) is 12.8 Å². The monoisotopic (exact) mass is 276 g/mol. The summed E-state index contributed by atoms with van der Waals surface area (Å²) < 4.78 is 23.6. The molecule has 0 bridgehead atoms. The highest BCUT2D eigenvalue weighted by molar-refractivity contribution is 7.54. The van der Waals surface area contributed by atoms with Crippen molar-refractivity contribution in [1.29, 1.82) is 0 Å². The highest BCUT2D eigenvalue weighted by Gasteiger charge is 2.50. The van der Waals surface area contributed by atoms with E-state index in [4.69, 9.17) is 9.05 Å². The molecule has 2 atom stereocenters. The number of hydrogen-bond donors (Lipinski definition) is 1. The molecule has 5 heteroatoms. The average Bonchev–Trinajstić information content (AvgIpc) is 2.30. The topological polar surface area (TPSA) is 55.8 Å². The maximum absolute atomic E-state index is 12.8. The van der Waals surface area contributed by atoms with Gasteiger partial charge in [-0.15, -0.1) is 6.58 Å². The zero-order chi connectivity index (χ0) is 13.6. The zero-order valence-electron chi connectivity index (χ0n) is 11.4. The summed E-state index contributed by atoms with van der Waals surface area (Å²) in [5, 5.41) is 10.7. The van der Waals surface area contributed by atoms with Gasteiger partial charge in [-0.25, -0.2) is 0 Å². The van der Waals surface area contributed by atoms with Gasteiger partial charge in [-0.1, -0.05) is 18.9 Å². The second-order valence-electron chi connectivity index (χ2n) is 4.73. The lowest BCUT2D eigenvalue weighted by Gasteiger charge is -2.42. The van der Waals surface area contributed by atoms with Crippen LogP contribution in [0.5, 0.6) is 0 Å². The predicted molar refractivity (Wildman–Crippen MR) is 72.9 cm³/mol. The normalized spacial score (nSPS) is 29.2. The molecule has 1 N–H and O–H groups in total. The van der Waals surface area contributed by atoms with E-state index in [1.54, 1.807) is 19.9 Å². The van der Waals surface area contributed by atoms with Crippen molar-refractivity contribution >= 4 is 7.60 Å². The summed E-state index contributed by atoms with van der Waals surface area (Å²) in [7, 11) is -3.24. The van der Waals surface area contributed by atoms with Gasteiger partial charge in [-0.3, -0.25) is 4.57 Å². The second-order valence-corrected chi connectivity index (χ2v) is 6.95. The maximum atomic E-state index is 12.8. The molecular formula is C13H25O4P. The van der Waals surface area contributed by atoms with Crippen molar-refractivity contribution in [2.75, 3.05) is 13.2 Å². The SMILES string of the molecule is C=CC[C@@]1(O)CCCC[C@@H]1P(=O)(OCC)OCC. The Labute approximate surface area is 110 Å². The first-order chi connectivity index (χ1) is 8.52. The van der Waals surface area contributed by atoms with Crippen molar-refractivity contribution in [3.8, 4) is 0 Å². The van der Waals surface area contributed by atoms with E-state index in [1.165, 1.54) is 0 Å². The van der Waals surface area contributed by atoms with Crippen LogP contribution >= 0.6 is 7.60 Å². The molecule has 18 heavy (non-hydrogen) atoms. The lowest BCUT2D eigenvalue weighted by atomic mass is 9.82. The van der Waals surface area contributed by atoms with Gasteiger partial charge >= 0.3 is 7.60 Å². The first kappa shape index (κ1) is 15.9. The van der Waals surface area contributed by atoms with E-state index in [9.17, 15) is 9.67 Å². The Morgan fingerprint density at radius 3 is 2.50 bits per heavy atom. The molecule has 0 aromatic carbocycles. The lowest BCUT2D eigenvalue weighted by molar-refractivity contribution is 0.000273. The smallest absolute Gasteiger partial charge is 0.336 e. The van der Waals surface area contributed by atoms with Crippen LogP contribution in [0.15, 0.2) is 12.7 Å². The minimum absolute atomic E-state index is 0.331. The van der Waals surface area contributed by atoms with E-state index < -0.39 is 18.9 Å². The van der Waals surface area contributed by atoms with E-state index in [2.05, 4.69) is 6.58 Å². The van der Waals surface area contributed by atoms with Crippen LogP contribution in [0.1, 0.15) is 46.0 Å². The van der Waals surface area contributed by atoms with Crippen LogP contribution in [-0.4, -0.2) is 29.6 Å². The summed E-state index contributed by atoms with van der Waals surface area (Å²) in [6.45, 7) is 7.93. The molecule has 0 amide bonds. The standard InChI is InChI=1S/C13H25O4P/c1-4-10-13(14)11-8-7-9-12(13)18(15,16-5-2)17-6-3/h4,12,14H,1,5-11H2,2-3H3/t12-,13+/m0/s1. The summed E-state index contributed by atoms with van der Waals surface area (Å²) >= 11 is 0. The van der Waals surface area contributed by atoms with Crippen molar-refractivity contribution < 1.29 is 18.7 Å². The van der Waals surface area contributed by atoms with Crippen molar-refractivity contribution in [3.63, 3.8) is 0 Å². The second kappa shape index (κ2) is 6.85.